The zero-order chi connectivity index (χ0) is 20.1. The smallest absolute Gasteiger partial charge is 0.253 e. The van der Waals surface area contributed by atoms with Gasteiger partial charge >= 0.3 is 0 Å². The topological polar surface area (TPSA) is 49.9 Å². The number of hydrogen-bond acceptors (Lipinski definition) is 3. The third-order valence-corrected chi connectivity index (χ3v) is 6.69. The molecule has 1 saturated heterocycles. The fourth-order valence-electron chi connectivity index (χ4n) is 4.50. The van der Waals surface area contributed by atoms with Gasteiger partial charge in [-0.15, -0.1) is 0 Å². The zero-order valence-electron chi connectivity index (χ0n) is 17.5. The molecule has 3 aliphatic rings. The summed E-state index contributed by atoms with van der Waals surface area (Å²) in [5.74, 6) is 2.61. The molecule has 5 heteroatoms. The minimum atomic E-state index is 0.0491. The Morgan fingerprint density at radius 3 is 2.14 bits per heavy atom. The highest BCUT2D eigenvalue weighted by Crippen LogP contribution is 2.30. The van der Waals surface area contributed by atoms with Gasteiger partial charge in [0.05, 0.1) is 6.61 Å². The van der Waals surface area contributed by atoms with Crippen molar-refractivity contribution in [3.05, 3.63) is 29.8 Å². The van der Waals surface area contributed by atoms with Gasteiger partial charge in [-0.1, -0.05) is 32.1 Å². The first-order valence-corrected chi connectivity index (χ1v) is 11.5. The Balaban J connectivity index is 1.20. The van der Waals surface area contributed by atoms with Gasteiger partial charge in [0.25, 0.3) is 5.91 Å². The lowest BCUT2D eigenvalue weighted by Crippen LogP contribution is -2.50. The molecule has 0 aromatic heterocycles. The number of hydrogen-bond donors (Lipinski definition) is 0. The van der Waals surface area contributed by atoms with Gasteiger partial charge in [0.15, 0.2) is 0 Å². The van der Waals surface area contributed by atoms with Crippen molar-refractivity contribution in [1.82, 2.24) is 9.80 Å². The molecule has 0 spiro atoms. The van der Waals surface area contributed by atoms with Crippen LogP contribution in [-0.4, -0.2) is 54.4 Å². The van der Waals surface area contributed by atoms with Gasteiger partial charge < -0.3 is 14.5 Å². The molecular formula is C24H34N2O3. The maximum absolute atomic E-state index is 12.8. The van der Waals surface area contributed by atoms with Crippen molar-refractivity contribution in [2.75, 3.05) is 32.8 Å². The third-order valence-electron chi connectivity index (χ3n) is 6.69. The molecule has 4 rings (SSSR count). The number of carbonyl (C=O) groups is 2. The Morgan fingerprint density at radius 2 is 1.48 bits per heavy atom. The number of benzene rings is 1. The normalized spacial score (nSPS) is 20.6. The van der Waals surface area contributed by atoms with E-state index in [1.807, 2.05) is 34.1 Å². The van der Waals surface area contributed by atoms with Crippen LogP contribution in [0, 0.1) is 11.8 Å². The summed E-state index contributed by atoms with van der Waals surface area (Å²) in [6.07, 6.45) is 10.8. The quantitative estimate of drug-likeness (QED) is 0.694. The van der Waals surface area contributed by atoms with Crippen LogP contribution >= 0.6 is 0 Å². The SMILES string of the molecule is O=C(CCC1CCCCC1)N1CCN(C(=O)c2ccc(OCC3CC3)cc2)CC1. The molecular weight excluding hydrogens is 364 g/mol. The van der Waals surface area contributed by atoms with Crippen molar-refractivity contribution in [2.24, 2.45) is 11.8 Å². The number of piperazine rings is 1. The Morgan fingerprint density at radius 1 is 0.828 bits per heavy atom. The molecule has 29 heavy (non-hydrogen) atoms. The molecule has 1 aromatic carbocycles. The molecule has 2 amide bonds. The Labute approximate surface area is 174 Å². The van der Waals surface area contributed by atoms with Crippen molar-refractivity contribution in [3.8, 4) is 5.75 Å². The van der Waals surface area contributed by atoms with Gasteiger partial charge in [-0.05, 0) is 55.4 Å². The lowest BCUT2D eigenvalue weighted by Gasteiger charge is -2.35. The highest BCUT2D eigenvalue weighted by Gasteiger charge is 2.26. The van der Waals surface area contributed by atoms with E-state index in [9.17, 15) is 9.59 Å². The summed E-state index contributed by atoms with van der Waals surface area (Å²) in [5.41, 5.74) is 0.695. The first-order valence-electron chi connectivity index (χ1n) is 11.5. The number of rotatable bonds is 7. The summed E-state index contributed by atoms with van der Waals surface area (Å²) < 4.78 is 5.75. The fraction of sp³-hybridized carbons (Fsp3) is 0.667. The molecule has 1 heterocycles. The number of carbonyl (C=O) groups excluding carboxylic acids is 2. The zero-order valence-corrected chi connectivity index (χ0v) is 17.5. The Bertz CT molecular complexity index is 685. The number of ether oxygens (including phenoxy) is 1. The van der Waals surface area contributed by atoms with E-state index in [1.165, 1.54) is 44.9 Å². The molecule has 0 unspecified atom stereocenters. The average molecular weight is 399 g/mol. The average Bonchev–Trinajstić information content (AvgIpc) is 3.61. The van der Waals surface area contributed by atoms with E-state index >= 15 is 0 Å². The highest BCUT2D eigenvalue weighted by molar-refractivity contribution is 5.94. The molecule has 5 nitrogen and oxygen atoms in total. The predicted molar refractivity (Wildman–Crippen MR) is 113 cm³/mol. The third kappa shape index (κ3) is 5.74. The maximum atomic E-state index is 12.8. The molecule has 2 saturated carbocycles. The standard InChI is InChI=1S/C24H34N2O3/c27-23(13-8-19-4-2-1-3-5-19)25-14-16-26(17-15-25)24(28)21-9-11-22(12-10-21)29-18-20-6-7-20/h9-12,19-20H,1-8,13-18H2. The molecule has 0 N–H and O–H groups in total. The molecule has 158 valence electrons. The number of nitrogens with zero attached hydrogens (tertiary/aromatic N) is 2. The van der Waals surface area contributed by atoms with E-state index in [-0.39, 0.29) is 11.8 Å². The minimum Gasteiger partial charge on any atom is -0.493 e. The minimum absolute atomic E-state index is 0.0491. The predicted octanol–water partition coefficient (Wildman–Crippen LogP) is 4.12. The molecule has 3 fully saturated rings. The first kappa shape index (κ1) is 20.2. The summed E-state index contributed by atoms with van der Waals surface area (Å²) in [5, 5.41) is 0. The van der Waals surface area contributed by atoms with Crippen LogP contribution in [0.4, 0.5) is 0 Å². The Hall–Kier alpha value is -2.04. The van der Waals surface area contributed by atoms with Crippen LogP contribution in [0.1, 0.15) is 68.1 Å². The van der Waals surface area contributed by atoms with Crippen LogP contribution in [0.3, 0.4) is 0 Å². The van der Waals surface area contributed by atoms with Gasteiger partial charge in [0.1, 0.15) is 5.75 Å². The summed E-state index contributed by atoms with van der Waals surface area (Å²) in [4.78, 5) is 29.1. The molecule has 1 aromatic rings. The van der Waals surface area contributed by atoms with Crippen LogP contribution in [0.15, 0.2) is 24.3 Å². The molecule has 1 aliphatic heterocycles. The summed E-state index contributed by atoms with van der Waals surface area (Å²) in [6.45, 7) is 3.32. The maximum Gasteiger partial charge on any atom is 0.253 e. The molecule has 0 atom stereocenters. The van der Waals surface area contributed by atoms with Gasteiger partial charge in [0.2, 0.25) is 5.91 Å². The fourth-order valence-corrected chi connectivity index (χ4v) is 4.50. The van der Waals surface area contributed by atoms with E-state index in [2.05, 4.69) is 0 Å². The largest absolute Gasteiger partial charge is 0.493 e. The summed E-state index contributed by atoms with van der Waals surface area (Å²) >= 11 is 0. The van der Waals surface area contributed by atoms with Crippen molar-refractivity contribution in [1.29, 1.82) is 0 Å². The van der Waals surface area contributed by atoms with Crippen molar-refractivity contribution < 1.29 is 14.3 Å². The first-order chi connectivity index (χ1) is 14.2. The van der Waals surface area contributed by atoms with Crippen molar-refractivity contribution in [2.45, 2.75) is 57.8 Å². The molecule has 2 aliphatic carbocycles. The highest BCUT2D eigenvalue weighted by atomic mass is 16.5. The van der Waals surface area contributed by atoms with E-state index in [0.29, 0.717) is 38.2 Å². The van der Waals surface area contributed by atoms with Gasteiger partial charge in [-0.25, -0.2) is 0 Å². The second kappa shape index (κ2) is 9.64. The van der Waals surface area contributed by atoms with E-state index < -0.39 is 0 Å². The van der Waals surface area contributed by atoms with Gasteiger partial charge in [-0.2, -0.15) is 0 Å². The van der Waals surface area contributed by atoms with Crippen LogP contribution in [-0.2, 0) is 4.79 Å². The van der Waals surface area contributed by atoms with Gasteiger partial charge in [-0.3, -0.25) is 9.59 Å². The Kier molecular flexibility index (Phi) is 6.73. The van der Waals surface area contributed by atoms with Gasteiger partial charge in [0, 0.05) is 38.2 Å². The second-order valence-electron chi connectivity index (χ2n) is 8.99. The van der Waals surface area contributed by atoms with Crippen LogP contribution in [0.25, 0.3) is 0 Å². The monoisotopic (exact) mass is 398 g/mol. The molecule has 0 radical (unpaired) electrons. The summed E-state index contributed by atoms with van der Waals surface area (Å²) in [7, 11) is 0. The van der Waals surface area contributed by atoms with Crippen molar-refractivity contribution in [3.63, 3.8) is 0 Å². The van der Waals surface area contributed by atoms with Crippen LogP contribution in [0.5, 0.6) is 5.75 Å². The molecule has 0 bridgehead atoms. The second-order valence-corrected chi connectivity index (χ2v) is 8.99. The van der Waals surface area contributed by atoms with E-state index in [4.69, 9.17) is 4.74 Å². The van der Waals surface area contributed by atoms with E-state index in [1.54, 1.807) is 0 Å². The van der Waals surface area contributed by atoms with E-state index in [0.717, 1.165) is 30.6 Å². The number of amides is 2. The van der Waals surface area contributed by atoms with Crippen LogP contribution < -0.4 is 4.74 Å². The lowest BCUT2D eigenvalue weighted by molar-refractivity contribution is -0.133. The van der Waals surface area contributed by atoms with Crippen molar-refractivity contribution >= 4 is 11.8 Å². The summed E-state index contributed by atoms with van der Waals surface area (Å²) in [6, 6.07) is 7.49. The van der Waals surface area contributed by atoms with Crippen LogP contribution in [0.2, 0.25) is 0 Å². The lowest BCUT2D eigenvalue weighted by atomic mass is 9.86.